The van der Waals surface area contributed by atoms with Gasteiger partial charge in [0, 0.05) is 29.6 Å². The van der Waals surface area contributed by atoms with Crippen molar-refractivity contribution in [1.29, 1.82) is 0 Å². The maximum atomic E-state index is 13.4. The van der Waals surface area contributed by atoms with Gasteiger partial charge in [-0.2, -0.15) is 0 Å². The molecule has 0 bridgehead atoms. The van der Waals surface area contributed by atoms with Gasteiger partial charge in [-0.05, 0) is 62.4 Å². The van der Waals surface area contributed by atoms with Crippen LogP contribution in [0.25, 0.3) is 0 Å². The Labute approximate surface area is 161 Å². The second kappa shape index (κ2) is 7.20. The van der Waals surface area contributed by atoms with Crippen LogP contribution in [0.4, 0.5) is 17.1 Å². The van der Waals surface area contributed by atoms with Crippen molar-refractivity contribution in [2.24, 2.45) is 0 Å². The van der Waals surface area contributed by atoms with Gasteiger partial charge in [-0.3, -0.25) is 4.79 Å². The first-order valence-electron chi connectivity index (χ1n) is 9.13. The Morgan fingerprint density at radius 1 is 1.15 bits per heavy atom. The number of carbonyl (C=O) groups excluding carboxylic acids is 1. The van der Waals surface area contributed by atoms with Crippen molar-refractivity contribution in [2.45, 2.75) is 45.2 Å². The number of nitrogens with zero attached hydrogens (tertiary/aromatic N) is 2. The monoisotopic (exact) mass is 371 g/mol. The van der Waals surface area contributed by atoms with Gasteiger partial charge in [0.05, 0.1) is 0 Å². The highest BCUT2D eigenvalue weighted by atomic mass is 35.5. The van der Waals surface area contributed by atoms with Gasteiger partial charge in [-0.15, -0.1) is 12.4 Å². The molecule has 26 heavy (non-hydrogen) atoms. The molecule has 2 aliphatic rings. The quantitative estimate of drug-likeness (QED) is 0.816. The molecular weight excluding hydrogens is 346 g/mol. The van der Waals surface area contributed by atoms with E-state index in [0.29, 0.717) is 0 Å². The summed E-state index contributed by atoms with van der Waals surface area (Å²) in [5.41, 5.74) is 11.6. The minimum Gasteiger partial charge on any atom is -0.398 e. The van der Waals surface area contributed by atoms with Crippen LogP contribution in [-0.2, 0) is 17.6 Å². The van der Waals surface area contributed by atoms with E-state index < -0.39 is 0 Å². The third-order valence-corrected chi connectivity index (χ3v) is 5.59. The molecule has 2 aliphatic heterocycles. The number of anilines is 3. The fraction of sp³-hybridized carbons (Fsp3) is 0.381. The lowest BCUT2D eigenvalue weighted by Crippen LogP contribution is -2.50. The molecule has 2 unspecified atom stereocenters. The van der Waals surface area contributed by atoms with E-state index in [1.54, 1.807) is 0 Å². The van der Waals surface area contributed by atoms with Gasteiger partial charge < -0.3 is 15.5 Å². The highest BCUT2D eigenvalue weighted by Crippen LogP contribution is 2.36. The molecule has 2 aromatic carbocycles. The second-order valence-electron chi connectivity index (χ2n) is 7.21. The zero-order valence-corrected chi connectivity index (χ0v) is 16.1. The Morgan fingerprint density at radius 3 is 2.69 bits per heavy atom. The molecule has 1 amide bonds. The van der Waals surface area contributed by atoms with Crippen molar-refractivity contribution in [3.05, 3.63) is 53.6 Å². The van der Waals surface area contributed by atoms with Crippen molar-refractivity contribution in [2.75, 3.05) is 22.1 Å². The van der Waals surface area contributed by atoms with E-state index in [-0.39, 0.29) is 30.4 Å². The van der Waals surface area contributed by atoms with Crippen LogP contribution in [0.15, 0.2) is 42.5 Å². The van der Waals surface area contributed by atoms with Gasteiger partial charge in [0.1, 0.15) is 6.04 Å². The molecular formula is C21H26ClN3O. The molecule has 0 radical (unpaired) electrons. The summed E-state index contributed by atoms with van der Waals surface area (Å²) in [5.74, 6) is 0.174. The van der Waals surface area contributed by atoms with Gasteiger partial charge in [0.2, 0.25) is 5.91 Å². The lowest BCUT2D eigenvalue weighted by molar-refractivity contribution is -0.119. The zero-order chi connectivity index (χ0) is 17.6. The molecule has 0 fully saturated rings. The first-order chi connectivity index (χ1) is 12.1. The van der Waals surface area contributed by atoms with E-state index in [1.807, 2.05) is 36.1 Å². The number of nitrogens with two attached hydrogens (primary N) is 1. The third kappa shape index (κ3) is 2.92. The average Bonchev–Trinajstić information content (AvgIpc) is 2.96. The summed E-state index contributed by atoms with van der Waals surface area (Å²) in [7, 11) is 0. The van der Waals surface area contributed by atoms with E-state index in [0.717, 1.165) is 42.9 Å². The Bertz CT molecular complexity index is 823. The predicted molar refractivity (Wildman–Crippen MR) is 110 cm³/mol. The smallest absolute Gasteiger partial charge is 0.249 e. The fourth-order valence-corrected chi connectivity index (χ4v) is 4.32. The summed E-state index contributed by atoms with van der Waals surface area (Å²) >= 11 is 0. The lowest BCUT2D eigenvalue weighted by atomic mass is 9.98. The molecule has 0 saturated heterocycles. The molecule has 0 aromatic heterocycles. The van der Waals surface area contributed by atoms with E-state index in [9.17, 15) is 4.79 Å². The summed E-state index contributed by atoms with van der Waals surface area (Å²) in [6.07, 6.45) is 2.95. The van der Waals surface area contributed by atoms with E-state index in [4.69, 9.17) is 5.73 Å². The SMILES string of the molecule is CC(C(=O)N1c2ccccc2CC1C)N1CCCc2c(N)cccc21.Cl. The van der Waals surface area contributed by atoms with Gasteiger partial charge >= 0.3 is 0 Å². The molecule has 5 heteroatoms. The van der Waals surface area contributed by atoms with Crippen LogP contribution >= 0.6 is 12.4 Å². The number of benzene rings is 2. The van der Waals surface area contributed by atoms with Crippen molar-refractivity contribution < 1.29 is 4.79 Å². The van der Waals surface area contributed by atoms with Crippen LogP contribution in [0, 0.1) is 0 Å². The Hall–Kier alpha value is -2.20. The summed E-state index contributed by atoms with van der Waals surface area (Å²) in [6.45, 7) is 5.05. The number of hydrogen-bond donors (Lipinski definition) is 1. The molecule has 0 aliphatic carbocycles. The van der Waals surface area contributed by atoms with Crippen LogP contribution < -0.4 is 15.5 Å². The van der Waals surface area contributed by atoms with Gasteiger partial charge in [-0.25, -0.2) is 0 Å². The molecule has 0 spiro atoms. The molecule has 2 atom stereocenters. The zero-order valence-electron chi connectivity index (χ0n) is 15.3. The molecule has 2 heterocycles. The average molecular weight is 372 g/mol. The normalized spacial score (nSPS) is 19.4. The Kier molecular flexibility index (Phi) is 5.15. The summed E-state index contributed by atoms with van der Waals surface area (Å²) < 4.78 is 0. The van der Waals surface area contributed by atoms with Crippen LogP contribution in [0.3, 0.4) is 0 Å². The first kappa shape index (κ1) is 18.6. The lowest BCUT2D eigenvalue weighted by Gasteiger charge is -2.38. The standard InChI is InChI=1S/C21H25N3O.ClH/c1-14-13-16-7-3-4-10-19(16)24(14)21(25)15(2)23-12-6-8-17-18(22)9-5-11-20(17)23;/h3-5,7,9-11,14-15H,6,8,12-13,22H2,1-2H3;1H. The van der Waals surface area contributed by atoms with E-state index in [2.05, 4.69) is 30.0 Å². The molecule has 2 N–H and O–H groups in total. The fourth-order valence-electron chi connectivity index (χ4n) is 4.32. The number of carbonyl (C=O) groups is 1. The Balaban J connectivity index is 0.00000196. The topological polar surface area (TPSA) is 49.6 Å². The maximum absolute atomic E-state index is 13.4. The van der Waals surface area contributed by atoms with Crippen molar-refractivity contribution in [3.8, 4) is 0 Å². The minimum atomic E-state index is -0.200. The van der Waals surface area contributed by atoms with E-state index >= 15 is 0 Å². The van der Waals surface area contributed by atoms with Crippen molar-refractivity contribution >= 4 is 35.4 Å². The number of rotatable bonds is 2. The molecule has 4 rings (SSSR count). The van der Waals surface area contributed by atoms with Gasteiger partial charge in [0.25, 0.3) is 0 Å². The molecule has 2 aromatic rings. The molecule has 4 nitrogen and oxygen atoms in total. The number of halogens is 1. The number of para-hydroxylation sites is 1. The van der Waals surface area contributed by atoms with Gasteiger partial charge in [-0.1, -0.05) is 24.3 Å². The Morgan fingerprint density at radius 2 is 1.88 bits per heavy atom. The van der Waals surface area contributed by atoms with Crippen LogP contribution in [-0.4, -0.2) is 24.5 Å². The largest absolute Gasteiger partial charge is 0.398 e. The predicted octanol–water partition coefficient (Wildman–Crippen LogP) is 3.81. The van der Waals surface area contributed by atoms with Crippen LogP contribution in [0.1, 0.15) is 31.4 Å². The number of fused-ring (bicyclic) bond motifs is 2. The summed E-state index contributed by atoms with van der Waals surface area (Å²) in [4.78, 5) is 17.6. The van der Waals surface area contributed by atoms with Crippen molar-refractivity contribution in [3.63, 3.8) is 0 Å². The van der Waals surface area contributed by atoms with Crippen LogP contribution in [0.2, 0.25) is 0 Å². The number of hydrogen-bond acceptors (Lipinski definition) is 3. The summed E-state index contributed by atoms with van der Waals surface area (Å²) in [6, 6.07) is 14.3. The van der Waals surface area contributed by atoms with Crippen molar-refractivity contribution in [1.82, 2.24) is 0 Å². The highest BCUT2D eigenvalue weighted by molar-refractivity contribution is 6.01. The third-order valence-electron chi connectivity index (χ3n) is 5.59. The number of amides is 1. The minimum absolute atomic E-state index is 0. The second-order valence-corrected chi connectivity index (χ2v) is 7.21. The molecule has 0 saturated carbocycles. The maximum Gasteiger partial charge on any atom is 0.249 e. The number of nitrogen functional groups attached to an aromatic ring is 1. The van der Waals surface area contributed by atoms with Crippen LogP contribution in [0.5, 0.6) is 0 Å². The highest BCUT2D eigenvalue weighted by Gasteiger charge is 2.36. The van der Waals surface area contributed by atoms with E-state index in [1.165, 1.54) is 11.1 Å². The summed E-state index contributed by atoms with van der Waals surface area (Å²) in [5, 5.41) is 0. The first-order valence-corrected chi connectivity index (χ1v) is 9.13. The molecule has 138 valence electrons. The van der Waals surface area contributed by atoms with Gasteiger partial charge in [0.15, 0.2) is 0 Å².